The smallest absolute Gasteiger partial charge is 0.0807 e. The van der Waals surface area contributed by atoms with Gasteiger partial charge in [0, 0.05) is 13.1 Å². The molecule has 0 aromatic heterocycles. The second-order valence-electron chi connectivity index (χ2n) is 4.92. The van der Waals surface area contributed by atoms with Crippen LogP contribution in [0.5, 0.6) is 0 Å². The molecule has 1 aliphatic heterocycles. The number of hydrogen-bond acceptors (Lipinski definition) is 2. The lowest BCUT2D eigenvalue weighted by Crippen LogP contribution is -2.41. The molecule has 1 N–H and O–H groups in total. The summed E-state index contributed by atoms with van der Waals surface area (Å²) >= 11 is 0. The van der Waals surface area contributed by atoms with Crippen LogP contribution in [0.15, 0.2) is 0 Å². The zero-order valence-electron chi connectivity index (χ0n) is 8.08. The summed E-state index contributed by atoms with van der Waals surface area (Å²) in [6, 6.07) is 0. The van der Waals surface area contributed by atoms with Gasteiger partial charge in [0.25, 0.3) is 0 Å². The van der Waals surface area contributed by atoms with E-state index in [0.29, 0.717) is 5.92 Å². The Hall–Kier alpha value is -0.0800. The SMILES string of the molecule is CC(C)CN1CC[C@@H]2C[C@]2(O)C1. The summed E-state index contributed by atoms with van der Waals surface area (Å²) in [5.74, 6) is 1.37. The molecule has 2 fully saturated rings. The van der Waals surface area contributed by atoms with Crippen LogP contribution >= 0.6 is 0 Å². The summed E-state index contributed by atoms with van der Waals surface area (Å²) in [6.45, 7) is 7.75. The van der Waals surface area contributed by atoms with Crippen molar-refractivity contribution in [2.75, 3.05) is 19.6 Å². The van der Waals surface area contributed by atoms with Crippen LogP contribution in [0.4, 0.5) is 0 Å². The van der Waals surface area contributed by atoms with Crippen molar-refractivity contribution in [1.82, 2.24) is 4.90 Å². The van der Waals surface area contributed by atoms with Crippen LogP contribution in [0.25, 0.3) is 0 Å². The van der Waals surface area contributed by atoms with Gasteiger partial charge in [0.05, 0.1) is 5.60 Å². The minimum Gasteiger partial charge on any atom is -0.388 e. The summed E-state index contributed by atoms with van der Waals surface area (Å²) in [4.78, 5) is 2.41. The Kier molecular flexibility index (Phi) is 1.92. The number of β-amino-alcohol motifs (C(OH)–C–C–N with tert-alkyl or cyclic N) is 1. The van der Waals surface area contributed by atoms with Gasteiger partial charge in [-0.15, -0.1) is 0 Å². The quantitative estimate of drug-likeness (QED) is 0.669. The third-order valence-electron chi connectivity index (χ3n) is 3.11. The van der Waals surface area contributed by atoms with E-state index >= 15 is 0 Å². The van der Waals surface area contributed by atoms with Crippen molar-refractivity contribution in [3.8, 4) is 0 Å². The third kappa shape index (κ3) is 1.50. The Bertz CT molecular complexity index is 181. The zero-order chi connectivity index (χ0) is 8.77. The third-order valence-corrected chi connectivity index (χ3v) is 3.11. The number of aliphatic hydroxyl groups is 1. The lowest BCUT2D eigenvalue weighted by atomic mass is 10.1. The molecule has 0 aromatic rings. The molecule has 0 aromatic carbocycles. The first-order chi connectivity index (χ1) is 5.60. The molecule has 70 valence electrons. The maximum Gasteiger partial charge on any atom is 0.0807 e. The molecule has 1 heterocycles. The molecule has 0 bridgehead atoms. The van der Waals surface area contributed by atoms with Crippen molar-refractivity contribution < 1.29 is 5.11 Å². The van der Waals surface area contributed by atoms with Gasteiger partial charge in [0.15, 0.2) is 0 Å². The molecule has 0 spiro atoms. The fraction of sp³-hybridized carbons (Fsp3) is 1.00. The molecule has 1 aliphatic carbocycles. The number of rotatable bonds is 2. The molecule has 2 heteroatoms. The van der Waals surface area contributed by atoms with E-state index < -0.39 is 0 Å². The largest absolute Gasteiger partial charge is 0.388 e. The Morgan fingerprint density at radius 1 is 1.58 bits per heavy atom. The van der Waals surface area contributed by atoms with Crippen LogP contribution in [0.2, 0.25) is 0 Å². The van der Waals surface area contributed by atoms with Crippen molar-refractivity contribution in [3.63, 3.8) is 0 Å². The fourth-order valence-electron chi connectivity index (χ4n) is 2.41. The average Bonchev–Trinajstić information content (AvgIpc) is 2.57. The minimum atomic E-state index is -0.271. The van der Waals surface area contributed by atoms with E-state index in [1.165, 1.54) is 13.0 Å². The monoisotopic (exact) mass is 169 g/mol. The van der Waals surface area contributed by atoms with Gasteiger partial charge in [-0.05, 0) is 31.2 Å². The Morgan fingerprint density at radius 2 is 2.33 bits per heavy atom. The van der Waals surface area contributed by atoms with Crippen LogP contribution < -0.4 is 0 Å². The second kappa shape index (κ2) is 2.71. The molecule has 0 unspecified atom stereocenters. The average molecular weight is 169 g/mol. The number of likely N-dealkylation sites (tertiary alicyclic amines) is 1. The molecule has 2 rings (SSSR count). The molecular formula is C10H19NO. The maximum atomic E-state index is 9.89. The van der Waals surface area contributed by atoms with Crippen molar-refractivity contribution in [3.05, 3.63) is 0 Å². The summed E-state index contributed by atoms with van der Waals surface area (Å²) in [5.41, 5.74) is -0.271. The van der Waals surface area contributed by atoms with Crippen molar-refractivity contribution in [2.24, 2.45) is 11.8 Å². The van der Waals surface area contributed by atoms with Crippen LogP contribution in [0.1, 0.15) is 26.7 Å². The van der Waals surface area contributed by atoms with E-state index in [4.69, 9.17) is 0 Å². The van der Waals surface area contributed by atoms with Crippen LogP contribution in [-0.2, 0) is 0 Å². The van der Waals surface area contributed by atoms with Gasteiger partial charge in [0.1, 0.15) is 0 Å². The highest BCUT2D eigenvalue weighted by molar-refractivity contribution is 5.08. The van der Waals surface area contributed by atoms with Crippen molar-refractivity contribution >= 4 is 0 Å². The summed E-state index contributed by atoms with van der Waals surface area (Å²) in [5, 5.41) is 9.89. The second-order valence-corrected chi connectivity index (χ2v) is 4.92. The number of fused-ring (bicyclic) bond motifs is 1. The summed E-state index contributed by atoms with van der Waals surface area (Å²) in [6.07, 6.45) is 2.27. The normalized spacial score (nSPS) is 41.5. The summed E-state index contributed by atoms with van der Waals surface area (Å²) in [7, 11) is 0. The van der Waals surface area contributed by atoms with E-state index in [9.17, 15) is 5.11 Å². The molecule has 2 aliphatic rings. The molecule has 1 saturated heterocycles. The van der Waals surface area contributed by atoms with Crippen LogP contribution in [0.3, 0.4) is 0 Å². The summed E-state index contributed by atoms with van der Waals surface area (Å²) < 4.78 is 0. The van der Waals surface area contributed by atoms with E-state index in [-0.39, 0.29) is 5.60 Å². The molecule has 12 heavy (non-hydrogen) atoms. The Labute approximate surface area is 74.6 Å². The van der Waals surface area contributed by atoms with Gasteiger partial charge >= 0.3 is 0 Å². The predicted molar refractivity (Wildman–Crippen MR) is 49.0 cm³/mol. The van der Waals surface area contributed by atoms with Crippen LogP contribution in [0, 0.1) is 11.8 Å². The van der Waals surface area contributed by atoms with Gasteiger partial charge in [-0.3, -0.25) is 0 Å². The van der Waals surface area contributed by atoms with E-state index in [1.807, 2.05) is 0 Å². The topological polar surface area (TPSA) is 23.5 Å². The molecular weight excluding hydrogens is 150 g/mol. The number of piperidine rings is 1. The van der Waals surface area contributed by atoms with E-state index in [0.717, 1.165) is 25.4 Å². The number of nitrogens with zero attached hydrogens (tertiary/aromatic N) is 1. The molecule has 2 nitrogen and oxygen atoms in total. The van der Waals surface area contributed by atoms with Gasteiger partial charge in [-0.1, -0.05) is 13.8 Å². The standard InChI is InChI=1S/C10H19NO/c1-8(2)6-11-4-3-9-5-10(9,12)7-11/h8-9,12H,3-7H2,1-2H3/t9-,10+/m1/s1. The van der Waals surface area contributed by atoms with Gasteiger partial charge in [-0.25, -0.2) is 0 Å². The molecule has 0 amide bonds. The van der Waals surface area contributed by atoms with Gasteiger partial charge in [0.2, 0.25) is 0 Å². The Morgan fingerprint density at radius 3 is 2.92 bits per heavy atom. The first kappa shape index (κ1) is 8.52. The lowest BCUT2D eigenvalue weighted by molar-refractivity contribution is 0.0453. The highest BCUT2D eigenvalue weighted by Crippen LogP contribution is 2.49. The van der Waals surface area contributed by atoms with Gasteiger partial charge < -0.3 is 10.0 Å². The highest BCUT2D eigenvalue weighted by atomic mass is 16.3. The minimum absolute atomic E-state index is 0.271. The molecule has 0 radical (unpaired) electrons. The van der Waals surface area contributed by atoms with Crippen molar-refractivity contribution in [1.29, 1.82) is 0 Å². The number of hydrogen-bond donors (Lipinski definition) is 1. The first-order valence-corrected chi connectivity index (χ1v) is 5.05. The zero-order valence-corrected chi connectivity index (χ0v) is 8.08. The maximum absolute atomic E-state index is 9.89. The van der Waals surface area contributed by atoms with E-state index in [2.05, 4.69) is 18.7 Å². The predicted octanol–water partition coefficient (Wildman–Crippen LogP) is 1.10. The van der Waals surface area contributed by atoms with E-state index in [1.54, 1.807) is 0 Å². The Balaban J connectivity index is 1.85. The molecule has 1 saturated carbocycles. The molecule has 2 atom stereocenters. The van der Waals surface area contributed by atoms with Crippen molar-refractivity contribution in [2.45, 2.75) is 32.3 Å². The fourth-order valence-corrected chi connectivity index (χ4v) is 2.41. The van der Waals surface area contributed by atoms with Gasteiger partial charge in [-0.2, -0.15) is 0 Å². The highest BCUT2D eigenvalue weighted by Gasteiger charge is 2.55. The van der Waals surface area contributed by atoms with Crippen LogP contribution in [-0.4, -0.2) is 35.2 Å². The first-order valence-electron chi connectivity index (χ1n) is 5.05. The lowest BCUT2D eigenvalue weighted by Gasteiger charge is -2.31.